The first-order valence-electron chi connectivity index (χ1n) is 5.78. The second kappa shape index (κ2) is 4.94. The lowest BCUT2D eigenvalue weighted by Gasteiger charge is -2.18. The smallest absolute Gasteiger partial charge is 0.0474 e. The molecule has 1 saturated carbocycles. The predicted molar refractivity (Wildman–Crippen MR) is 58.2 cm³/mol. The highest BCUT2D eigenvalue weighted by atomic mass is 16.5. The van der Waals surface area contributed by atoms with Crippen LogP contribution in [-0.4, -0.2) is 26.8 Å². The van der Waals surface area contributed by atoms with Gasteiger partial charge in [-0.3, -0.25) is 0 Å². The van der Waals surface area contributed by atoms with E-state index in [0.717, 1.165) is 37.3 Å². The Hall–Kier alpha value is -0.340. The van der Waals surface area contributed by atoms with Crippen molar-refractivity contribution < 1.29 is 4.74 Å². The molecule has 3 atom stereocenters. The Morgan fingerprint density at radius 3 is 2.93 bits per heavy atom. The number of hydrogen-bond acceptors (Lipinski definition) is 2. The van der Waals surface area contributed by atoms with Crippen LogP contribution in [0.4, 0.5) is 0 Å². The molecule has 2 nitrogen and oxygen atoms in total. The fraction of sp³-hybridized carbons (Fsp3) is 0.833. The molecule has 0 radical (unpaired) electrons. The van der Waals surface area contributed by atoms with E-state index in [1.54, 1.807) is 7.11 Å². The van der Waals surface area contributed by atoms with Crippen LogP contribution in [0.2, 0.25) is 0 Å². The fourth-order valence-electron chi connectivity index (χ4n) is 2.76. The molecule has 1 N–H and O–H groups in total. The standard InChI is InChI=1S/C12H21NO/c1-14-6-2-5-13-9-12-8-10-3-4-11(12)7-10/h3-4,10-13H,2,5-9H2,1H3/t10-,11+,12+/m0/s1. The molecule has 2 bridgehead atoms. The lowest BCUT2D eigenvalue weighted by molar-refractivity contribution is 0.193. The molecule has 0 heterocycles. The van der Waals surface area contributed by atoms with E-state index in [9.17, 15) is 0 Å². The van der Waals surface area contributed by atoms with Crippen molar-refractivity contribution >= 4 is 0 Å². The van der Waals surface area contributed by atoms with Crippen molar-refractivity contribution in [2.24, 2.45) is 17.8 Å². The molecule has 0 spiro atoms. The zero-order chi connectivity index (χ0) is 9.80. The number of methoxy groups -OCH3 is 1. The Bertz CT molecular complexity index is 202. The van der Waals surface area contributed by atoms with Gasteiger partial charge in [0.1, 0.15) is 0 Å². The average molecular weight is 195 g/mol. The summed E-state index contributed by atoms with van der Waals surface area (Å²) in [7, 11) is 1.76. The van der Waals surface area contributed by atoms with Crippen molar-refractivity contribution in [1.82, 2.24) is 5.32 Å². The van der Waals surface area contributed by atoms with Gasteiger partial charge >= 0.3 is 0 Å². The van der Waals surface area contributed by atoms with Crippen LogP contribution in [-0.2, 0) is 4.74 Å². The normalized spacial score (nSPS) is 34.2. The van der Waals surface area contributed by atoms with Gasteiger partial charge < -0.3 is 10.1 Å². The van der Waals surface area contributed by atoms with E-state index in [0.29, 0.717) is 0 Å². The van der Waals surface area contributed by atoms with Gasteiger partial charge in [0.15, 0.2) is 0 Å². The molecule has 2 heteroatoms. The number of allylic oxidation sites excluding steroid dienone is 2. The summed E-state index contributed by atoms with van der Waals surface area (Å²) in [5.74, 6) is 2.70. The topological polar surface area (TPSA) is 21.3 Å². The molecule has 0 unspecified atom stereocenters. The van der Waals surface area contributed by atoms with Crippen LogP contribution in [0.15, 0.2) is 12.2 Å². The highest BCUT2D eigenvalue weighted by Crippen LogP contribution is 2.42. The van der Waals surface area contributed by atoms with Gasteiger partial charge in [-0.05, 0) is 50.1 Å². The predicted octanol–water partition coefficient (Wildman–Crippen LogP) is 1.82. The van der Waals surface area contributed by atoms with Crippen molar-refractivity contribution in [3.63, 3.8) is 0 Å². The van der Waals surface area contributed by atoms with Gasteiger partial charge in [-0.2, -0.15) is 0 Å². The molecular formula is C12H21NO. The van der Waals surface area contributed by atoms with Crippen molar-refractivity contribution in [3.05, 3.63) is 12.2 Å². The first kappa shape index (κ1) is 10.2. The zero-order valence-corrected chi connectivity index (χ0v) is 9.04. The van der Waals surface area contributed by atoms with Gasteiger partial charge in [0, 0.05) is 13.7 Å². The van der Waals surface area contributed by atoms with Crippen LogP contribution in [0, 0.1) is 17.8 Å². The minimum atomic E-state index is 0.879. The summed E-state index contributed by atoms with van der Waals surface area (Å²) in [6, 6.07) is 0. The molecule has 0 aromatic carbocycles. The molecular weight excluding hydrogens is 174 g/mol. The molecule has 14 heavy (non-hydrogen) atoms. The molecule has 0 amide bonds. The van der Waals surface area contributed by atoms with E-state index in [1.807, 2.05) is 0 Å². The third-order valence-corrected chi connectivity index (χ3v) is 3.52. The number of hydrogen-bond donors (Lipinski definition) is 1. The van der Waals surface area contributed by atoms with E-state index in [-0.39, 0.29) is 0 Å². The molecule has 2 aliphatic carbocycles. The van der Waals surface area contributed by atoms with E-state index < -0.39 is 0 Å². The molecule has 1 fully saturated rings. The van der Waals surface area contributed by atoms with Gasteiger partial charge in [-0.1, -0.05) is 12.2 Å². The quantitative estimate of drug-likeness (QED) is 0.515. The summed E-state index contributed by atoms with van der Waals surface area (Å²) in [6.45, 7) is 3.18. The maximum Gasteiger partial charge on any atom is 0.0474 e. The molecule has 0 aliphatic heterocycles. The van der Waals surface area contributed by atoms with Crippen LogP contribution < -0.4 is 5.32 Å². The summed E-state index contributed by atoms with van der Waals surface area (Å²) >= 11 is 0. The summed E-state index contributed by atoms with van der Waals surface area (Å²) < 4.78 is 5.01. The lowest BCUT2D eigenvalue weighted by Crippen LogP contribution is -2.26. The maximum atomic E-state index is 5.01. The molecule has 0 aromatic heterocycles. The van der Waals surface area contributed by atoms with Crippen LogP contribution in [0.5, 0.6) is 0 Å². The second-order valence-electron chi connectivity index (χ2n) is 4.59. The minimum Gasteiger partial charge on any atom is -0.385 e. The molecule has 2 aliphatic rings. The Labute approximate surface area is 86.7 Å². The fourth-order valence-corrected chi connectivity index (χ4v) is 2.76. The van der Waals surface area contributed by atoms with E-state index in [4.69, 9.17) is 4.74 Å². The monoisotopic (exact) mass is 195 g/mol. The summed E-state index contributed by atoms with van der Waals surface area (Å²) in [4.78, 5) is 0. The first-order chi connectivity index (χ1) is 6.90. The SMILES string of the molecule is COCCCNC[C@H]1C[C@H]2C=C[C@@H]1C2. The summed E-state index contributed by atoms with van der Waals surface area (Å²) in [6.07, 6.45) is 8.80. The largest absolute Gasteiger partial charge is 0.385 e. The highest BCUT2D eigenvalue weighted by Gasteiger charge is 2.34. The molecule has 80 valence electrons. The Kier molecular flexibility index (Phi) is 3.60. The summed E-state index contributed by atoms with van der Waals surface area (Å²) in [5.41, 5.74) is 0. The van der Waals surface area contributed by atoms with Crippen molar-refractivity contribution in [2.75, 3.05) is 26.8 Å². The van der Waals surface area contributed by atoms with E-state index >= 15 is 0 Å². The van der Waals surface area contributed by atoms with Crippen LogP contribution >= 0.6 is 0 Å². The number of rotatable bonds is 6. The third-order valence-electron chi connectivity index (χ3n) is 3.52. The van der Waals surface area contributed by atoms with Crippen LogP contribution in [0.25, 0.3) is 0 Å². The molecule has 0 saturated heterocycles. The van der Waals surface area contributed by atoms with Gasteiger partial charge in [0.05, 0.1) is 0 Å². The second-order valence-corrected chi connectivity index (χ2v) is 4.59. The minimum absolute atomic E-state index is 0.879. The van der Waals surface area contributed by atoms with Gasteiger partial charge in [-0.25, -0.2) is 0 Å². The number of ether oxygens (including phenoxy) is 1. The maximum absolute atomic E-state index is 5.01. The van der Waals surface area contributed by atoms with E-state index in [2.05, 4.69) is 17.5 Å². The Morgan fingerprint density at radius 2 is 2.29 bits per heavy atom. The van der Waals surface area contributed by atoms with E-state index in [1.165, 1.54) is 19.4 Å². The summed E-state index contributed by atoms with van der Waals surface area (Å²) in [5, 5.41) is 3.53. The Morgan fingerprint density at radius 1 is 1.36 bits per heavy atom. The zero-order valence-electron chi connectivity index (χ0n) is 9.04. The van der Waals surface area contributed by atoms with Gasteiger partial charge in [-0.15, -0.1) is 0 Å². The lowest BCUT2D eigenvalue weighted by atomic mass is 9.94. The van der Waals surface area contributed by atoms with Gasteiger partial charge in [0.25, 0.3) is 0 Å². The molecule has 0 aromatic rings. The highest BCUT2D eigenvalue weighted by molar-refractivity contribution is 5.10. The number of nitrogens with one attached hydrogen (secondary N) is 1. The first-order valence-corrected chi connectivity index (χ1v) is 5.78. The van der Waals surface area contributed by atoms with Crippen molar-refractivity contribution in [3.8, 4) is 0 Å². The number of fused-ring (bicyclic) bond motifs is 2. The Balaban J connectivity index is 1.56. The third kappa shape index (κ3) is 2.37. The van der Waals surface area contributed by atoms with Crippen molar-refractivity contribution in [2.45, 2.75) is 19.3 Å². The van der Waals surface area contributed by atoms with Crippen molar-refractivity contribution in [1.29, 1.82) is 0 Å². The van der Waals surface area contributed by atoms with Crippen LogP contribution in [0.1, 0.15) is 19.3 Å². The average Bonchev–Trinajstić information content (AvgIpc) is 2.79. The van der Waals surface area contributed by atoms with Gasteiger partial charge in [0.2, 0.25) is 0 Å². The van der Waals surface area contributed by atoms with Crippen LogP contribution in [0.3, 0.4) is 0 Å². The molecule has 2 rings (SSSR count).